The summed E-state index contributed by atoms with van der Waals surface area (Å²) in [6.07, 6.45) is 4.34. The van der Waals surface area contributed by atoms with E-state index in [2.05, 4.69) is 103 Å². The summed E-state index contributed by atoms with van der Waals surface area (Å²) in [6.45, 7) is 2.25. The van der Waals surface area contributed by atoms with E-state index in [9.17, 15) is 0 Å². The fourth-order valence-electron chi connectivity index (χ4n) is 4.34. The van der Waals surface area contributed by atoms with Crippen molar-refractivity contribution in [2.75, 3.05) is 10.6 Å². The zero-order valence-corrected chi connectivity index (χ0v) is 17.0. The lowest BCUT2D eigenvalue weighted by molar-refractivity contribution is 0.767. The van der Waals surface area contributed by atoms with Gasteiger partial charge in [0.1, 0.15) is 0 Å². The molecule has 0 amide bonds. The Labute approximate surface area is 177 Å². The van der Waals surface area contributed by atoms with Crippen molar-refractivity contribution < 1.29 is 0 Å². The third-order valence-electron chi connectivity index (χ3n) is 5.83. The van der Waals surface area contributed by atoms with Gasteiger partial charge in [-0.1, -0.05) is 84.9 Å². The van der Waals surface area contributed by atoms with Crippen LogP contribution in [0.25, 0.3) is 23.3 Å². The topological polar surface area (TPSA) is 29.3 Å². The van der Waals surface area contributed by atoms with Crippen molar-refractivity contribution in [3.8, 4) is 11.1 Å². The van der Waals surface area contributed by atoms with Gasteiger partial charge in [-0.05, 0) is 53.4 Å². The van der Waals surface area contributed by atoms with Gasteiger partial charge in [0.05, 0.1) is 17.4 Å². The Hall–Kier alpha value is -3.78. The van der Waals surface area contributed by atoms with E-state index in [0.29, 0.717) is 0 Å². The summed E-state index contributed by atoms with van der Waals surface area (Å²) in [5.74, 6) is 0. The normalized spacial score (nSPS) is 15.1. The molecule has 4 aromatic rings. The Bertz CT molecular complexity index is 1220. The molecule has 146 valence electrons. The molecule has 0 saturated heterocycles. The lowest BCUT2D eigenvalue weighted by atomic mass is 9.87. The third kappa shape index (κ3) is 3.17. The lowest BCUT2D eigenvalue weighted by Crippen LogP contribution is -2.26. The van der Waals surface area contributed by atoms with Crippen molar-refractivity contribution in [2.45, 2.75) is 13.0 Å². The molecule has 1 aliphatic heterocycles. The number of nitrogens with two attached hydrogens (primary N) is 1. The molecule has 2 nitrogen and oxygen atoms in total. The fourth-order valence-corrected chi connectivity index (χ4v) is 4.34. The molecule has 1 atom stereocenters. The number of nitrogen functional groups attached to an aromatic ring is 1. The smallest absolute Gasteiger partial charge is 0.0650 e. The number of para-hydroxylation sites is 2. The first-order chi connectivity index (χ1) is 14.7. The Morgan fingerprint density at radius 2 is 1.37 bits per heavy atom. The van der Waals surface area contributed by atoms with Crippen LogP contribution < -0.4 is 10.6 Å². The van der Waals surface area contributed by atoms with Gasteiger partial charge in [0, 0.05) is 11.3 Å². The van der Waals surface area contributed by atoms with Crippen LogP contribution in [-0.4, -0.2) is 0 Å². The van der Waals surface area contributed by atoms with Gasteiger partial charge in [0.25, 0.3) is 0 Å². The highest BCUT2D eigenvalue weighted by molar-refractivity contribution is 5.92. The molecule has 4 aromatic carbocycles. The summed E-state index contributed by atoms with van der Waals surface area (Å²) in [5, 5.41) is 0. The van der Waals surface area contributed by atoms with Crippen LogP contribution in [0.15, 0.2) is 97.1 Å². The van der Waals surface area contributed by atoms with E-state index >= 15 is 0 Å². The first-order valence-electron chi connectivity index (χ1n) is 10.3. The Balaban J connectivity index is 1.65. The molecule has 1 unspecified atom stereocenters. The van der Waals surface area contributed by atoms with Gasteiger partial charge in [-0.25, -0.2) is 0 Å². The molecule has 30 heavy (non-hydrogen) atoms. The molecule has 0 bridgehead atoms. The van der Waals surface area contributed by atoms with E-state index in [1.54, 1.807) is 0 Å². The Kier molecular flexibility index (Phi) is 4.61. The van der Waals surface area contributed by atoms with Gasteiger partial charge in [0.2, 0.25) is 0 Å². The molecular weight excluding hydrogens is 364 g/mol. The standard InChI is InChI=1S/C28H24N2/c1-20-23-11-5-6-12-24(23)25-19-22(16-15-21-9-3-2-4-10-21)17-18-27(25)30(20)28-14-8-7-13-26(28)29/h2-20H,29H2,1H3/b16-15+. The zero-order valence-electron chi connectivity index (χ0n) is 17.0. The summed E-state index contributed by atoms with van der Waals surface area (Å²) in [5.41, 5.74) is 15.6. The molecular formula is C28H24N2. The number of hydrogen-bond donors (Lipinski definition) is 1. The third-order valence-corrected chi connectivity index (χ3v) is 5.83. The van der Waals surface area contributed by atoms with Gasteiger partial charge in [-0.3, -0.25) is 0 Å². The minimum Gasteiger partial charge on any atom is -0.397 e. The summed E-state index contributed by atoms with van der Waals surface area (Å²) in [4.78, 5) is 2.36. The molecule has 0 saturated carbocycles. The molecule has 1 heterocycles. The number of fused-ring (bicyclic) bond motifs is 3. The molecule has 0 aliphatic carbocycles. The van der Waals surface area contributed by atoms with Crippen LogP contribution in [0.2, 0.25) is 0 Å². The van der Waals surface area contributed by atoms with Gasteiger partial charge < -0.3 is 10.6 Å². The van der Waals surface area contributed by atoms with E-state index < -0.39 is 0 Å². The second-order valence-electron chi connectivity index (χ2n) is 7.71. The van der Waals surface area contributed by atoms with Crippen LogP contribution in [-0.2, 0) is 0 Å². The van der Waals surface area contributed by atoms with E-state index in [1.807, 2.05) is 18.2 Å². The number of nitrogens with zero attached hydrogens (tertiary/aromatic N) is 1. The van der Waals surface area contributed by atoms with Crippen LogP contribution in [0.1, 0.15) is 29.7 Å². The van der Waals surface area contributed by atoms with Crippen LogP contribution >= 0.6 is 0 Å². The molecule has 0 radical (unpaired) electrons. The predicted molar refractivity (Wildman–Crippen MR) is 129 cm³/mol. The minimum absolute atomic E-state index is 0.198. The summed E-state index contributed by atoms with van der Waals surface area (Å²) < 4.78 is 0. The maximum absolute atomic E-state index is 6.38. The highest BCUT2D eigenvalue weighted by Gasteiger charge is 2.29. The van der Waals surface area contributed by atoms with Crippen LogP contribution in [0.5, 0.6) is 0 Å². The minimum atomic E-state index is 0.198. The molecule has 2 N–H and O–H groups in total. The highest BCUT2D eigenvalue weighted by atomic mass is 15.2. The number of anilines is 3. The molecule has 1 aliphatic rings. The second-order valence-corrected chi connectivity index (χ2v) is 7.71. The summed E-state index contributed by atoms with van der Waals surface area (Å²) >= 11 is 0. The number of rotatable bonds is 3. The largest absolute Gasteiger partial charge is 0.397 e. The van der Waals surface area contributed by atoms with Gasteiger partial charge in [0.15, 0.2) is 0 Å². The second kappa shape index (κ2) is 7.57. The monoisotopic (exact) mass is 388 g/mol. The van der Waals surface area contributed by atoms with E-state index in [0.717, 1.165) is 11.4 Å². The molecule has 0 spiro atoms. The Morgan fingerprint density at radius 1 is 0.667 bits per heavy atom. The van der Waals surface area contributed by atoms with E-state index in [1.165, 1.54) is 33.5 Å². The summed E-state index contributed by atoms with van der Waals surface area (Å²) in [6, 6.07) is 34.1. The Morgan fingerprint density at radius 3 is 2.20 bits per heavy atom. The van der Waals surface area contributed by atoms with Crippen LogP contribution in [0.4, 0.5) is 17.1 Å². The predicted octanol–water partition coefficient (Wildman–Crippen LogP) is 7.32. The lowest BCUT2D eigenvalue weighted by Gasteiger charge is -2.39. The van der Waals surface area contributed by atoms with Crippen molar-refractivity contribution in [2.24, 2.45) is 0 Å². The first kappa shape index (κ1) is 18.3. The van der Waals surface area contributed by atoms with Crippen LogP contribution in [0, 0.1) is 0 Å². The molecule has 5 rings (SSSR count). The van der Waals surface area contributed by atoms with E-state index in [4.69, 9.17) is 5.73 Å². The van der Waals surface area contributed by atoms with Crippen molar-refractivity contribution >= 4 is 29.2 Å². The van der Waals surface area contributed by atoms with Gasteiger partial charge in [-0.2, -0.15) is 0 Å². The molecule has 0 aromatic heterocycles. The SMILES string of the molecule is CC1c2ccccc2-c2cc(/C=C/c3ccccc3)ccc2N1c1ccccc1N. The quantitative estimate of drug-likeness (QED) is 0.294. The molecule has 2 heteroatoms. The van der Waals surface area contributed by atoms with E-state index in [-0.39, 0.29) is 6.04 Å². The average Bonchev–Trinajstić information content (AvgIpc) is 2.80. The first-order valence-corrected chi connectivity index (χ1v) is 10.3. The molecule has 0 fully saturated rings. The van der Waals surface area contributed by atoms with Crippen molar-refractivity contribution in [3.63, 3.8) is 0 Å². The number of hydrogen-bond acceptors (Lipinski definition) is 2. The van der Waals surface area contributed by atoms with Crippen molar-refractivity contribution in [1.82, 2.24) is 0 Å². The zero-order chi connectivity index (χ0) is 20.5. The van der Waals surface area contributed by atoms with Crippen LogP contribution in [0.3, 0.4) is 0 Å². The maximum atomic E-state index is 6.38. The summed E-state index contributed by atoms with van der Waals surface area (Å²) in [7, 11) is 0. The average molecular weight is 389 g/mol. The van der Waals surface area contributed by atoms with Crippen molar-refractivity contribution in [1.29, 1.82) is 0 Å². The van der Waals surface area contributed by atoms with Gasteiger partial charge in [-0.15, -0.1) is 0 Å². The van der Waals surface area contributed by atoms with Gasteiger partial charge >= 0.3 is 0 Å². The number of benzene rings is 4. The highest BCUT2D eigenvalue weighted by Crippen LogP contribution is 2.49. The van der Waals surface area contributed by atoms with Crippen molar-refractivity contribution in [3.05, 3.63) is 114 Å². The maximum Gasteiger partial charge on any atom is 0.0650 e. The fraction of sp³-hybridized carbons (Fsp3) is 0.0714.